The van der Waals surface area contributed by atoms with Gasteiger partial charge in [-0.3, -0.25) is 0 Å². The van der Waals surface area contributed by atoms with Crippen LogP contribution in [0.15, 0.2) is 24.3 Å². The van der Waals surface area contributed by atoms with E-state index in [9.17, 15) is 0 Å². The van der Waals surface area contributed by atoms with E-state index in [1.807, 2.05) is 6.07 Å². The van der Waals surface area contributed by atoms with Gasteiger partial charge in [-0.05, 0) is 42.9 Å². The number of para-hydroxylation sites is 1. The second-order valence-corrected chi connectivity index (χ2v) is 4.96. The number of hydrogen-bond donors (Lipinski definition) is 1. The molecule has 1 atom stereocenters. The van der Waals surface area contributed by atoms with Crippen LogP contribution < -0.4 is 10.5 Å². The van der Waals surface area contributed by atoms with Gasteiger partial charge < -0.3 is 10.5 Å². The first kappa shape index (κ1) is 9.22. The topological polar surface area (TPSA) is 35.2 Å². The molecular weight excluding hydrogens is 186 g/mol. The van der Waals surface area contributed by atoms with Crippen molar-refractivity contribution in [1.29, 1.82) is 0 Å². The normalized spacial score (nSPS) is 25.8. The summed E-state index contributed by atoms with van der Waals surface area (Å²) >= 11 is 0. The molecule has 0 amide bonds. The minimum absolute atomic E-state index is 0.369. The summed E-state index contributed by atoms with van der Waals surface area (Å²) in [7, 11) is 0. The molecule has 15 heavy (non-hydrogen) atoms. The Hall–Kier alpha value is -1.02. The Morgan fingerprint density at radius 1 is 1.33 bits per heavy atom. The van der Waals surface area contributed by atoms with Gasteiger partial charge in [0.2, 0.25) is 0 Å². The van der Waals surface area contributed by atoms with Gasteiger partial charge in [0.05, 0.1) is 0 Å². The number of rotatable bonds is 3. The molecule has 1 aliphatic carbocycles. The van der Waals surface area contributed by atoms with Crippen molar-refractivity contribution >= 4 is 0 Å². The highest BCUT2D eigenvalue weighted by atomic mass is 16.5. The Balaban J connectivity index is 1.69. The molecule has 2 N–H and O–H groups in total. The first-order valence-corrected chi connectivity index (χ1v) is 5.76. The van der Waals surface area contributed by atoms with Gasteiger partial charge in [0.1, 0.15) is 11.9 Å². The van der Waals surface area contributed by atoms with Gasteiger partial charge in [0.25, 0.3) is 0 Å². The Bertz CT molecular complexity index is 346. The first-order valence-electron chi connectivity index (χ1n) is 5.76. The SMILES string of the molecule is NCC1(CC2Cc3ccccc3O2)CC1. The van der Waals surface area contributed by atoms with Crippen molar-refractivity contribution in [2.75, 3.05) is 6.54 Å². The van der Waals surface area contributed by atoms with Gasteiger partial charge in [-0.1, -0.05) is 18.2 Å². The molecule has 0 aromatic heterocycles. The lowest BCUT2D eigenvalue weighted by Gasteiger charge is -2.17. The average molecular weight is 203 g/mol. The van der Waals surface area contributed by atoms with Gasteiger partial charge in [-0.25, -0.2) is 0 Å². The molecule has 1 aliphatic heterocycles. The van der Waals surface area contributed by atoms with Crippen molar-refractivity contribution < 1.29 is 4.74 Å². The third-order valence-corrected chi connectivity index (χ3v) is 3.76. The number of nitrogens with two attached hydrogens (primary N) is 1. The van der Waals surface area contributed by atoms with E-state index in [2.05, 4.69) is 18.2 Å². The molecule has 0 spiro atoms. The van der Waals surface area contributed by atoms with Crippen LogP contribution >= 0.6 is 0 Å². The molecule has 0 saturated heterocycles. The molecule has 1 saturated carbocycles. The smallest absolute Gasteiger partial charge is 0.123 e. The van der Waals surface area contributed by atoms with Gasteiger partial charge in [-0.15, -0.1) is 0 Å². The highest BCUT2D eigenvalue weighted by Crippen LogP contribution is 2.50. The van der Waals surface area contributed by atoms with Crippen molar-refractivity contribution in [2.24, 2.45) is 11.1 Å². The fraction of sp³-hybridized carbons (Fsp3) is 0.538. The summed E-state index contributed by atoms with van der Waals surface area (Å²) in [6.07, 6.45) is 5.16. The molecule has 1 heterocycles. The van der Waals surface area contributed by atoms with Gasteiger partial charge in [0, 0.05) is 6.42 Å². The molecule has 2 nitrogen and oxygen atoms in total. The molecule has 1 aromatic carbocycles. The number of benzene rings is 1. The number of ether oxygens (including phenoxy) is 1. The van der Waals surface area contributed by atoms with E-state index in [4.69, 9.17) is 10.5 Å². The van der Waals surface area contributed by atoms with Gasteiger partial charge in [0.15, 0.2) is 0 Å². The van der Waals surface area contributed by atoms with E-state index in [1.165, 1.54) is 18.4 Å². The van der Waals surface area contributed by atoms with E-state index >= 15 is 0 Å². The van der Waals surface area contributed by atoms with Crippen LogP contribution in [0.4, 0.5) is 0 Å². The third-order valence-electron chi connectivity index (χ3n) is 3.76. The molecule has 2 heteroatoms. The molecule has 2 aliphatic rings. The zero-order valence-corrected chi connectivity index (χ0v) is 8.91. The second kappa shape index (κ2) is 3.24. The van der Waals surface area contributed by atoms with Crippen LogP contribution in [0.3, 0.4) is 0 Å². The van der Waals surface area contributed by atoms with E-state index in [1.54, 1.807) is 0 Å². The lowest BCUT2D eigenvalue weighted by Crippen LogP contribution is -2.24. The van der Waals surface area contributed by atoms with Crippen LogP contribution in [0.2, 0.25) is 0 Å². The highest BCUT2D eigenvalue weighted by molar-refractivity contribution is 5.37. The van der Waals surface area contributed by atoms with E-state index in [0.717, 1.165) is 25.1 Å². The number of fused-ring (bicyclic) bond motifs is 1. The van der Waals surface area contributed by atoms with Crippen LogP contribution in [0.25, 0.3) is 0 Å². The Labute approximate surface area is 90.4 Å². The molecule has 1 fully saturated rings. The second-order valence-electron chi connectivity index (χ2n) is 4.96. The fourth-order valence-corrected chi connectivity index (χ4v) is 2.52. The maximum atomic E-state index is 5.93. The van der Waals surface area contributed by atoms with Gasteiger partial charge in [-0.2, -0.15) is 0 Å². The number of hydrogen-bond acceptors (Lipinski definition) is 2. The monoisotopic (exact) mass is 203 g/mol. The summed E-state index contributed by atoms with van der Waals surface area (Å²) in [4.78, 5) is 0. The van der Waals surface area contributed by atoms with Crippen LogP contribution in [-0.4, -0.2) is 12.6 Å². The molecular formula is C13H17NO. The molecule has 3 rings (SSSR count). The van der Waals surface area contributed by atoms with Crippen molar-refractivity contribution in [3.05, 3.63) is 29.8 Å². The summed E-state index contributed by atoms with van der Waals surface area (Å²) in [6, 6.07) is 8.35. The van der Waals surface area contributed by atoms with E-state index < -0.39 is 0 Å². The average Bonchev–Trinajstić information content (AvgIpc) is 2.91. The summed E-state index contributed by atoms with van der Waals surface area (Å²) in [5.41, 5.74) is 7.58. The largest absolute Gasteiger partial charge is 0.490 e. The van der Waals surface area contributed by atoms with Crippen LogP contribution in [0.1, 0.15) is 24.8 Å². The summed E-state index contributed by atoms with van der Waals surface area (Å²) < 4.78 is 5.93. The van der Waals surface area contributed by atoms with Crippen LogP contribution in [0.5, 0.6) is 5.75 Å². The molecule has 80 valence electrons. The molecule has 0 bridgehead atoms. The van der Waals surface area contributed by atoms with E-state index in [-0.39, 0.29) is 0 Å². The Kier molecular flexibility index (Phi) is 1.99. The maximum Gasteiger partial charge on any atom is 0.123 e. The molecule has 0 radical (unpaired) electrons. The fourth-order valence-electron chi connectivity index (χ4n) is 2.52. The van der Waals surface area contributed by atoms with Gasteiger partial charge >= 0.3 is 0 Å². The predicted molar refractivity (Wildman–Crippen MR) is 59.9 cm³/mol. The zero-order chi connectivity index (χ0) is 10.3. The van der Waals surface area contributed by atoms with Crippen LogP contribution in [0, 0.1) is 5.41 Å². The predicted octanol–water partition coefficient (Wildman–Crippen LogP) is 2.12. The standard InChI is InChI=1S/C13H17NO/c14-9-13(5-6-13)8-11-7-10-3-1-2-4-12(10)15-11/h1-4,11H,5-9,14H2. The third kappa shape index (κ3) is 1.63. The minimum Gasteiger partial charge on any atom is -0.490 e. The van der Waals surface area contributed by atoms with Crippen LogP contribution in [-0.2, 0) is 6.42 Å². The Morgan fingerprint density at radius 3 is 2.80 bits per heavy atom. The van der Waals surface area contributed by atoms with Crippen molar-refractivity contribution in [3.63, 3.8) is 0 Å². The van der Waals surface area contributed by atoms with Crippen molar-refractivity contribution in [1.82, 2.24) is 0 Å². The summed E-state index contributed by atoms with van der Waals surface area (Å²) in [6.45, 7) is 0.823. The molecule has 1 unspecified atom stereocenters. The minimum atomic E-state index is 0.369. The summed E-state index contributed by atoms with van der Waals surface area (Å²) in [5, 5.41) is 0. The quantitative estimate of drug-likeness (QED) is 0.816. The maximum absolute atomic E-state index is 5.93. The lowest BCUT2D eigenvalue weighted by molar-refractivity contribution is 0.188. The molecule has 1 aromatic rings. The summed E-state index contributed by atoms with van der Waals surface area (Å²) in [5.74, 6) is 1.08. The van der Waals surface area contributed by atoms with E-state index in [0.29, 0.717) is 11.5 Å². The lowest BCUT2D eigenvalue weighted by atomic mass is 9.96. The Morgan fingerprint density at radius 2 is 2.13 bits per heavy atom. The highest BCUT2D eigenvalue weighted by Gasteiger charge is 2.44. The van der Waals surface area contributed by atoms with Crippen molar-refractivity contribution in [2.45, 2.75) is 31.8 Å². The zero-order valence-electron chi connectivity index (χ0n) is 8.91. The van der Waals surface area contributed by atoms with Crippen molar-refractivity contribution in [3.8, 4) is 5.75 Å². The first-order chi connectivity index (χ1) is 7.31.